The third-order valence-electron chi connectivity index (χ3n) is 13.6. The van der Waals surface area contributed by atoms with Gasteiger partial charge in [-0.2, -0.15) is 0 Å². The molecule has 3 aromatic carbocycles. The van der Waals surface area contributed by atoms with Crippen LogP contribution in [-0.2, 0) is 59.3 Å². The number of nitrogens with zero attached hydrogens (tertiary/aromatic N) is 4. The number of phenolic OH excluding ortho intramolecular Hbond substituents is 1. The minimum Gasteiger partial charge on any atom is -0.508 e. The number of aromatic nitrogens is 1. The number of hydrazine groups is 1. The SMILES string of the molecule is C=CC(=O)N1CC[C@H](C(=O)N(C)[C@H](C(=O)N[C@H]2Cc3cc(O)cc(c3)-c3ccc4c(c3)c(c(-c3ccccc3CCCOC)n4CC)CC(C)(C)COC(=O)[C@@H]3CCCN(N3)C2=O)C(C)C)C1. The van der Waals surface area contributed by atoms with Crippen LogP contribution >= 0.6 is 0 Å². The van der Waals surface area contributed by atoms with Gasteiger partial charge in [0.2, 0.25) is 17.7 Å². The largest absolute Gasteiger partial charge is 0.508 e. The van der Waals surface area contributed by atoms with Crippen molar-refractivity contribution in [3.05, 3.63) is 90.0 Å². The van der Waals surface area contributed by atoms with Gasteiger partial charge in [0.1, 0.15) is 23.9 Å². The molecule has 7 rings (SSSR count). The maximum atomic E-state index is 14.7. The first kappa shape index (κ1) is 48.9. The highest BCUT2D eigenvalue weighted by Gasteiger charge is 2.40. The number of methoxy groups -OCH3 is 1. The van der Waals surface area contributed by atoms with Gasteiger partial charge in [-0.1, -0.05) is 70.7 Å². The van der Waals surface area contributed by atoms with Crippen LogP contribution < -0.4 is 10.7 Å². The van der Waals surface area contributed by atoms with Crippen LogP contribution in [-0.4, -0.2) is 119 Å². The summed E-state index contributed by atoms with van der Waals surface area (Å²) in [6.07, 6.45) is 4.97. The zero-order valence-corrected chi connectivity index (χ0v) is 40.2. The number of rotatable bonds is 12. The average molecular weight is 917 g/mol. The highest BCUT2D eigenvalue weighted by molar-refractivity contribution is 5.96. The van der Waals surface area contributed by atoms with Gasteiger partial charge in [0, 0.05) is 75.2 Å². The van der Waals surface area contributed by atoms with E-state index in [9.17, 15) is 29.1 Å². The highest BCUT2D eigenvalue weighted by Crippen LogP contribution is 2.42. The van der Waals surface area contributed by atoms with Crippen molar-refractivity contribution in [3.8, 4) is 28.1 Å². The number of aryl methyl sites for hydroxylation is 2. The number of likely N-dealkylation sites (tertiary alicyclic amines) is 1. The van der Waals surface area contributed by atoms with Gasteiger partial charge in [-0.15, -0.1) is 0 Å². The Morgan fingerprint density at radius 2 is 1.84 bits per heavy atom. The van der Waals surface area contributed by atoms with E-state index in [1.165, 1.54) is 21.5 Å². The van der Waals surface area contributed by atoms with E-state index in [0.717, 1.165) is 51.7 Å². The molecule has 4 heterocycles. The lowest BCUT2D eigenvalue weighted by Crippen LogP contribution is -2.62. The molecule has 6 bridgehead atoms. The Morgan fingerprint density at radius 3 is 2.57 bits per heavy atom. The molecule has 4 amide bonds. The second kappa shape index (κ2) is 20.9. The summed E-state index contributed by atoms with van der Waals surface area (Å²) >= 11 is 0. The van der Waals surface area contributed by atoms with Crippen LogP contribution in [0.2, 0.25) is 0 Å². The average Bonchev–Trinajstić information content (AvgIpc) is 3.92. The predicted octanol–water partition coefficient (Wildman–Crippen LogP) is 6.45. The normalized spacial score (nSPS) is 20.3. The van der Waals surface area contributed by atoms with Crippen LogP contribution in [0.15, 0.2) is 73.3 Å². The Bertz CT molecular complexity index is 2510. The van der Waals surface area contributed by atoms with E-state index in [0.29, 0.717) is 50.9 Å². The standard InChI is InChI=1S/C53H68N6O8/c1-9-46(61)57-23-21-37(31-57)50(63)56(7)47(33(3)4)49(62)54-44-27-34-25-38(28-39(60)26-34)36-19-20-45-41(29-36)42(48(58(45)10-2)40-17-12-11-15-35(40)16-14-24-66-8)30-53(5,6)32-67-52(65)43-18-13-22-59(55-43)51(44)64/h9,11-12,15,17,19-20,25-26,28-29,33,37,43-44,47,55,60H,1,10,13-14,16,18,21-24,27,30-32H2,2-8H3,(H,54,62)/t37-,43-,44-,47-/m0/s1. The Labute approximate surface area is 394 Å². The van der Waals surface area contributed by atoms with Crippen LogP contribution in [0.25, 0.3) is 33.3 Å². The summed E-state index contributed by atoms with van der Waals surface area (Å²) < 4.78 is 13.9. The van der Waals surface area contributed by atoms with E-state index in [2.05, 4.69) is 85.1 Å². The molecule has 4 aromatic rings. The van der Waals surface area contributed by atoms with E-state index >= 15 is 0 Å². The van der Waals surface area contributed by atoms with E-state index < -0.39 is 47.2 Å². The van der Waals surface area contributed by atoms with E-state index in [1.54, 1.807) is 31.2 Å². The molecule has 4 atom stereocenters. The monoisotopic (exact) mass is 917 g/mol. The first-order valence-electron chi connectivity index (χ1n) is 23.8. The molecule has 14 nitrogen and oxygen atoms in total. The lowest BCUT2D eigenvalue weighted by atomic mass is 9.83. The summed E-state index contributed by atoms with van der Waals surface area (Å²) in [6.45, 7) is 16.0. The van der Waals surface area contributed by atoms with Gasteiger partial charge in [-0.25, -0.2) is 5.43 Å². The van der Waals surface area contributed by atoms with Crippen molar-refractivity contribution in [2.24, 2.45) is 17.3 Å². The second-order valence-electron chi connectivity index (χ2n) is 19.6. The Hall–Kier alpha value is -5.99. The summed E-state index contributed by atoms with van der Waals surface area (Å²) in [5.41, 5.74) is 10.5. The van der Waals surface area contributed by atoms with Crippen molar-refractivity contribution in [1.82, 2.24) is 30.1 Å². The van der Waals surface area contributed by atoms with Crippen LogP contribution in [0.4, 0.5) is 0 Å². The Kier molecular flexibility index (Phi) is 15.3. The van der Waals surface area contributed by atoms with Gasteiger partial charge >= 0.3 is 5.97 Å². The first-order valence-corrected chi connectivity index (χ1v) is 23.8. The van der Waals surface area contributed by atoms with Gasteiger partial charge in [0.25, 0.3) is 5.91 Å². The van der Waals surface area contributed by atoms with E-state index in [4.69, 9.17) is 9.47 Å². The zero-order valence-electron chi connectivity index (χ0n) is 40.2. The van der Waals surface area contributed by atoms with E-state index in [-0.39, 0.29) is 49.6 Å². The number of aromatic hydroxyl groups is 1. The maximum Gasteiger partial charge on any atom is 0.324 e. The number of nitrogens with one attached hydrogen (secondary N) is 2. The molecule has 0 unspecified atom stereocenters. The number of cyclic esters (lactones) is 1. The van der Waals surface area contributed by atoms with Gasteiger partial charge < -0.3 is 34.3 Å². The third-order valence-corrected chi connectivity index (χ3v) is 13.6. The molecule has 3 aliphatic heterocycles. The minimum absolute atomic E-state index is 0.000884. The summed E-state index contributed by atoms with van der Waals surface area (Å²) in [4.78, 5) is 72.5. The smallest absolute Gasteiger partial charge is 0.324 e. The van der Waals surface area contributed by atoms with Crippen molar-refractivity contribution in [3.63, 3.8) is 0 Å². The molecule has 0 radical (unpaired) electrons. The topological polar surface area (TPSA) is 163 Å². The van der Waals surface area contributed by atoms with E-state index in [1.807, 2.05) is 19.9 Å². The summed E-state index contributed by atoms with van der Waals surface area (Å²) in [5.74, 6) is -2.80. The lowest BCUT2D eigenvalue weighted by molar-refractivity contribution is -0.155. The number of esters is 1. The van der Waals surface area contributed by atoms with Crippen molar-refractivity contribution in [1.29, 1.82) is 0 Å². The van der Waals surface area contributed by atoms with Gasteiger partial charge in [-0.3, -0.25) is 29.0 Å². The van der Waals surface area contributed by atoms with Gasteiger partial charge in [-0.05, 0) is 110 Å². The quantitative estimate of drug-likeness (QED) is 0.0825. The molecule has 3 N–H and O–H groups in total. The fourth-order valence-electron chi connectivity index (χ4n) is 10.3. The number of carbonyl (C=O) groups excluding carboxylic acids is 5. The van der Waals surface area contributed by atoms with Crippen LogP contribution in [0, 0.1) is 17.3 Å². The molecular weight excluding hydrogens is 849 g/mol. The minimum atomic E-state index is -1.15. The maximum absolute atomic E-state index is 14.7. The van der Waals surface area contributed by atoms with Gasteiger partial charge in [0.15, 0.2) is 0 Å². The molecule has 0 aliphatic carbocycles. The predicted molar refractivity (Wildman–Crippen MR) is 259 cm³/mol. The first-order chi connectivity index (χ1) is 32.0. The zero-order chi connectivity index (χ0) is 48.2. The molecule has 67 heavy (non-hydrogen) atoms. The number of carbonyl (C=O) groups is 5. The summed E-state index contributed by atoms with van der Waals surface area (Å²) in [5, 5.41) is 16.8. The lowest BCUT2D eigenvalue weighted by Gasteiger charge is -2.37. The number of hydrogen-bond donors (Lipinski definition) is 3. The molecule has 0 spiro atoms. The molecule has 3 aliphatic rings. The number of phenols is 1. The third kappa shape index (κ3) is 10.8. The fraction of sp³-hybridized carbons (Fsp3) is 0.491. The number of hydrogen-bond acceptors (Lipinski definition) is 9. The molecule has 2 saturated heterocycles. The van der Waals surface area contributed by atoms with Crippen molar-refractivity contribution >= 4 is 40.5 Å². The van der Waals surface area contributed by atoms with Gasteiger partial charge in [0.05, 0.1) is 18.2 Å². The summed E-state index contributed by atoms with van der Waals surface area (Å²) in [7, 11) is 3.31. The number of fused-ring (bicyclic) bond motifs is 6. The number of likely N-dealkylation sites (N-methyl/N-ethyl adjacent to an activating group) is 1. The van der Waals surface area contributed by atoms with Crippen molar-refractivity contribution in [2.75, 3.05) is 47.0 Å². The summed E-state index contributed by atoms with van der Waals surface area (Å²) in [6, 6.07) is 17.2. The number of ether oxygens (including phenoxy) is 2. The molecular formula is C53H68N6O8. The van der Waals surface area contributed by atoms with Crippen molar-refractivity contribution in [2.45, 2.75) is 104 Å². The fourth-order valence-corrected chi connectivity index (χ4v) is 10.3. The van der Waals surface area contributed by atoms with Crippen LogP contribution in [0.1, 0.15) is 77.0 Å². The van der Waals surface area contributed by atoms with Crippen molar-refractivity contribution < 1.29 is 38.6 Å². The Balaban J connectivity index is 1.30. The van der Waals surface area contributed by atoms with Crippen LogP contribution in [0.3, 0.4) is 0 Å². The molecule has 2 fully saturated rings. The molecule has 1 aromatic heterocycles. The Morgan fingerprint density at radius 1 is 1.06 bits per heavy atom. The highest BCUT2D eigenvalue weighted by atomic mass is 16.5. The molecule has 358 valence electrons. The van der Waals surface area contributed by atoms with Crippen LogP contribution in [0.5, 0.6) is 5.75 Å². The number of amides is 4. The molecule has 0 saturated carbocycles. The number of benzene rings is 3. The molecule has 14 heteroatoms. The second-order valence-corrected chi connectivity index (χ2v) is 19.6.